The monoisotopic (exact) mass is 221 g/mol. The van der Waals surface area contributed by atoms with Crippen molar-refractivity contribution in [2.75, 3.05) is 6.61 Å². The van der Waals surface area contributed by atoms with Crippen molar-refractivity contribution in [2.24, 2.45) is 5.92 Å². The summed E-state index contributed by atoms with van der Waals surface area (Å²) >= 11 is 0. The van der Waals surface area contributed by atoms with E-state index in [9.17, 15) is 4.79 Å². The molecule has 1 N–H and O–H groups in total. The zero-order chi connectivity index (χ0) is 11.5. The lowest BCUT2D eigenvalue weighted by Crippen LogP contribution is -2.31. The zero-order valence-electron chi connectivity index (χ0n) is 9.95. The summed E-state index contributed by atoms with van der Waals surface area (Å²) in [6.45, 7) is 4.97. The van der Waals surface area contributed by atoms with E-state index < -0.39 is 0 Å². The molecule has 3 heteroatoms. The molecule has 0 spiro atoms. The van der Waals surface area contributed by atoms with Crippen LogP contribution in [0.1, 0.15) is 33.1 Å². The van der Waals surface area contributed by atoms with Crippen molar-refractivity contribution in [2.45, 2.75) is 39.2 Å². The molecule has 1 fully saturated rings. The molecule has 0 saturated heterocycles. The molecule has 2 aliphatic rings. The van der Waals surface area contributed by atoms with Crippen LogP contribution < -0.4 is 5.32 Å². The van der Waals surface area contributed by atoms with Crippen molar-refractivity contribution >= 4 is 6.41 Å². The second-order valence-corrected chi connectivity index (χ2v) is 4.70. The van der Waals surface area contributed by atoms with Crippen LogP contribution in [0.4, 0.5) is 0 Å². The van der Waals surface area contributed by atoms with Crippen LogP contribution in [0.15, 0.2) is 23.0 Å². The number of carbonyl (C=O) groups is 1. The lowest BCUT2D eigenvalue weighted by atomic mass is 9.93. The standard InChI is InChI=1S/C13H19NO2/c1-9-10(2)13(16-7-11-3-4-11)6-5-12(9)14-8-15/h6,8,11-12H,3-5,7H2,1-2H3,(H,14,15). The van der Waals surface area contributed by atoms with Gasteiger partial charge in [0, 0.05) is 0 Å². The minimum absolute atomic E-state index is 0.144. The van der Waals surface area contributed by atoms with Crippen LogP contribution in [-0.4, -0.2) is 19.1 Å². The Morgan fingerprint density at radius 2 is 2.25 bits per heavy atom. The molecule has 2 aliphatic carbocycles. The van der Waals surface area contributed by atoms with Crippen LogP contribution in [-0.2, 0) is 9.53 Å². The summed E-state index contributed by atoms with van der Waals surface area (Å²) in [6, 6.07) is 0.144. The molecule has 0 aromatic carbocycles. The molecule has 0 bridgehead atoms. The predicted molar refractivity (Wildman–Crippen MR) is 62.7 cm³/mol. The van der Waals surface area contributed by atoms with Crippen LogP contribution in [0.25, 0.3) is 0 Å². The molecule has 1 saturated carbocycles. The summed E-state index contributed by atoms with van der Waals surface area (Å²) in [5, 5.41) is 2.82. The maximum Gasteiger partial charge on any atom is 0.207 e. The van der Waals surface area contributed by atoms with Gasteiger partial charge in [-0.1, -0.05) is 0 Å². The topological polar surface area (TPSA) is 38.3 Å². The first-order valence-corrected chi connectivity index (χ1v) is 5.92. The molecule has 0 radical (unpaired) electrons. The second-order valence-electron chi connectivity index (χ2n) is 4.70. The molecule has 0 aliphatic heterocycles. The van der Waals surface area contributed by atoms with E-state index in [1.165, 1.54) is 24.0 Å². The Morgan fingerprint density at radius 1 is 1.50 bits per heavy atom. The molecule has 16 heavy (non-hydrogen) atoms. The molecular weight excluding hydrogens is 202 g/mol. The van der Waals surface area contributed by atoms with E-state index in [0.29, 0.717) is 0 Å². The molecule has 1 atom stereocenters. The highest BCUT2D eigenvalue weighted by atomic mass is 16.5. The zero-order valence-corrected chi connectivity index (χ0v) is 9.95. The van der Waals surface area contributed by atoms with Crippen LogP contribution in [0.5, 0.6) is 0 Å². The normalized spacial score (nSPS) is 25.1. The highest BCUT2D eigenvalue weighted by Gasteiger charge is 2.24. The van der Waals surface area contributed by atoms with E-state index in [-0.39, 0.29) is 6.04 Å². The van der Waals surface area contributed by atoms with E-state index in [1.54, 1.807) is 0 Å². The van der Waals surface area contributed by atoms with E-state index >= 15 is 0 Å². The fraction of sp³-hybridized carbons (Fsp3) is 0.615. The van der Waals surface area contributed by atoms with Crippen molar-refractivity contribution in [3.63, 3.8) is 0 Å². The molecular formula is C13H19NO2. The number of hydrogen-bond donors (Lipinski definition) is 1. The Hall–Kier alpha value is -1.25. The largest absolute Gasteiger partial charge is 0.493 e. The Bertz CT molecular complexity index is 340. The molecule has 3 nitrogen and oxygen atoms in total. The van der Waals surface area contributed by atoms with Crippen LogP contribution in [0.3, 0.4) is 0 Å². The van der Waals surface area contributed by atoms with Gasteiger partial charge in [0.05, 0.1) is 12.6 Å². The van der Waals surface area contributed by atoms with Crippen molar-refractivity contribution < 1.29 is 9.53 Å². The summed E-state index contributed by atoms with van der Waals surface area (Å²) in [4.78, 5) is 10.4. The highest BCUT2D eigenvalue weighted by molar-refractivity contribution is 5.50. The average Bonchev–Trinajstić information content (AvgIpc) is 3.08. The maximum absolute atomic E-state index is 10.4. The fourth-order valence-corrected chi connectivity index (χ4v) is 1.94. The summed E-state index contributed by atoms with van der Waals surface area (Å²) in [6.07, 6.45) is 6.31. The van der Waals surface area contributed by atoms with Crippen molar-refractivity contribution in [3.05, 3.63) is 23.0 Å². The van der Waals surface area contributed by atoms with Crippen LogP contribution >= 0.6 is 0 Å². The highest BCUT2D eigenvalue weighted by Crippen LogP contribution is 2.32. The number of amides is 1. The predicted octanol–water partition coefficient (Wildman–Crippen LogP) is 2.15. The van der Waals surface area contributed by atoms with Gasteiger partial charge >= 0.3 is 0 Å². The van der Waals surface area contributed by atoms with Gasteiger partial charge in [0.25, 0.3) is 0 Å². The number of hydrogen-bond acceptors (Lipinski definition) is 2. The molecule has 1 unspecified atom stereocenters. The van der Waals surface area contributed by atoms with Gasteiger partial charge in [-0.15, -0.1) is 0 Å². The first-order chi connectivity index (χ1) is 7.72. The number of rotatable bonds is 5. The third-order valence-electron chi connectivity index (χ3n) is 3.46. The molecule has 0 heterocycles. The van der Waals surface area contributed by atoms with Crippen molar-refractivity contribution in [1.29, 1.82) is 0 Å². The first kappa shape index (κ1) is 11.2. The van der Waals surface area contributed by atoms with E-state index in [4.69, 9.17) is 4.74 Å². The third kappa shape index (κ3) is 2.46. The summed E-state index contributed by atoms with van der Waals surface area (Å²) in [5.74, 6) is 1.79. The minimum Gasteiger partial charge on any atom is -0.493 e. The summed E-state index contributed by atoms with van der Waals surface area (Å²) in [5.41, 5.74) is 2.38. The summed E-state index contributed by atoms with van der Waals surface area (Å²) in [7, 11) is 0. The Morgan fingerprint density at radius 3 is 2.88 bits per heavy atom. The Kier molecular flexibility index (Phi) is 3.32. The van der Waals surface area contributed by atoms with Gasteiger partial charge in [-0.05, 0) is 56.3 Å². The van der Waals surface area contributed by atoms with E-state index in [0.717, 1.165) is 31.1 Å². The quantitative estimate of drug-likeness (QED) is 0.722. The van der Waals surface area contributed by atoms with Gasteiger partial charge in [0.2, 0.25) is 6.41 Å². The van der Waals surface area contributed by atoms with E-state index in [1.807, 2.05) is 0 Å². The van der Waals surface area contributed by atoms with Gasteiger partial charge in [-0.2, -0.15) is 0 Å². The Balaban J connectivity index is 1.96. The minimum atomic E-state index is 0.144. The van der Waals surface area contributed by atoms with Crippen molar-refractivity contribution in [1.82, 2.24) is 5.32 Å². The SMILES string of the molecule is CC1=C(C)C(NC=O)CC=C1OCC1CC1. The van der Waals surface area contributed by atoms with Gasteiger partial charge in [0.15, 0.2) is 0 Å². The second kappa shape index (κ2) is 4.73. The van der Waals surface area contributed by atoms with Crippen LogP contribution in [0, 0.1) is 5.92 Å². The molecule has 0 aromatic heterocycles. The van der Waals surface area contributed by atoms with Crippen molar-refractivity contribution in [3.8, 4) is 0 Å². The van der Waals surface area contributed by atoms with Gasteiger partial charge < -0.3 is 10.1 Å². The molecule has 0 aromatic rings. The molecule has 2 rings (SSSR count). The number of carbonyl (C=O) groups excluding carboxylic acids is 1. The van der Waals surface area contributed by atoms with Gasteiger partial charge in [-0.25, -0.2) is 0 Å². The van der Waals surface area contributed by atoms with Crippen LogP contribution in [0.2, 0.25) is 0 Å². The Labute approximate surface area is 96.6 Å². The fourth-order valence-electron chi connectivity index (χ4n) is 1.94. The van der Waals surface area contributed by atoms with Gasteiger partial charge in [-0.3, -0.25) is 4.79 Å². The lowest BCUT2D eigenvalue weighted by Gasteiger charge is -2.24. The molecule has 88 valence electrons. The average molecular weight is 221 g/mol. The maximum atomic E-state index is 10.4. The van der Waals surface area contributed by atoms with Gasteiger partial charge in [0.1, 0.15) is 5.76 Å². The smallest absolute Gasteiger partial charge is 0.207 e. The third-order valence-corrected chi connectivity index (χ3v) is 3.46. The number of ether oxygens (including phenoxy) is 1. The first-order valence-electron chi connectivity index (χ1n) is 5.92. The number of allylic oxidation sites excluding steroid dienone is 1. The lowest BCUT2D eigenvalue weighted by molar-refractivity contribution is -0.109. The van der Waals surface area contributed by atoms with E-state index in [2.05, 4.69) is 25.2 Å². The molecule has 1 amide bonds. The summed E-state index contributed by atoms with van der Waals surface area (Å²) < 4.78 is 5.80. The number of nitrogens with one attached hydrogen (secondary N) is 1.